The predicted molar refractivity (Wildman–Crippen MR) is 110 cm³/mol. The fourth-order valence-electron chi connectivity index (χ4n) is 3.50. The summed E-state index contributed by atoms with van der Waals surface area (Å²) in [6.07, 6.45) is 2.12. The van der Waals surface area contributed by atoms with Gasteiger partial charge in [0.25, 0.3) is 0 Å². The van der Waals surface area contributed by atoms with Gasteiger partial charge in [0.1, 0.15) is 5.82 Å². The lowest BCUT2D eigenvalue weighted by Gasteiger charge is -2.29. The number of ether oxygens (including phenoxy) is 1. The van der Waals surface area contributed by atoms with Gasteiger partial charge in [-0.25, -0.2) is 9.78 Å². The zero-order valence-corrected chi connectivity index (χ0v) is 16.0. The zero-order valence-electron chi connectivity index (χ0n) is 16.0. The highest BCUT2D eigenvalue weighted by Crippen LogP contribution is 2.32. The van der Waals surface area contributed by atoms with Gasteiger partial charge < -0.3 is 15.0 Å². The van der Waals surface area contributed by atoms with Gasteiger partial charge in [0.2, 0.25) is 5.95 Å². The van der Waals surface area contributed by atoms with Crippen LogP contribution in [0, 0.1) is 6.92 Å². The van der Waals surface area contributed by atoms with Crippen LogP contribution in [0.2, 0.25) is 0 Å². The summed E-state index contributed by atoms with van der Waals surface area (Å²) in [4.78, 5) is 23.6. The Kier molecular flexibility index (Phi) is 4.93. The molecular weight excluding hydrogens is 352 g/mol. The number of hydrogen-bond acceptors (Lipinski definition) is 6. The molecule has 0 saturated carbocycles. The smallest absolute Gasteiger partial charge is 0.339 e. The van der Waals surface area contributed by atoms with Gasteiger partial charge in [0.05, 0.1) is 18.4 Å². The molecule has 2 aromatic carbocycles. The van der Waals surface area contributed by atoms with Gasteiger partial charge in [-0.05, 0) is 43.5 Å². The monoisotopic (exact) mass is 374 g/mol. The number of nitrogens with one attached hydrogen (secondary N) is 1. The van der Waals surface area contributed by atoms with Crippen molar-refractivity contribution < 1.29 is 9.53 Å². The summed E-state index contributed by atoms with van der Waals surface area (Å²) in [5.74, 6) is 0.908. The standard InChI is InChI=1S/C22H22N4O2/c1-15-14-20(24-18-11-5-4-10-17(18)21(27)28-2)25-22(23-15)26-13-7-9-16-8-3-6-12-19(16)26/h3-6,8,10-12,14H,7,9,13H2,1-2H3,(H,23,24,25). The number of anilines is 4. The number of methoxy groups -OCH3 is 1. The van der Waals surface area contributed by atoms with Crippen molar-refractivity contribution in [3.05, 3.63) is 71.4 Å². The number of para-hydroxylation sites is 2. The van der Waals surface area contributed by atoms with Crippen molar-refractivity contribution in [2.24, 2.45) is 0 Å². The highest BCUT2D eigenvalue weighted by Gasteiger charge is 2.21. The van der Waals surface area contributed by atoms with Crippen molar-refractivity contribution in [3.63, 3.8) is 0 Å². The number of carbonyl (C=O) groups excluding carboxylic acids is 1. The van der Waals surface area contributed by atoms with Gasteiger partial charge >= 0.3 is 5.97 Å². The van der Waals surface area contributed by atoms with E-state index in [0.717, 1.165) is 30.8 Å². The van der Waals surface area contributed by atoms with Gasteiger partial charge in [-0.15, -0.1) is 0 Å². The van der Waals surface area contributed by atoms with E-state index in [1.165, 1.54) is 12.7 Å². The minimum Gasteiger partial charge on any atom is -0.465 e. The third-order valence-corrected chi connectivity index (χ3v) is 4.79. The summed E-state index contributed by atoms with van der Waals surface area (Å²) >= 11 is 0. The summed E-state index contributed by atoms with van der Waals surface area (Å²) in [7, 11) is 1.37. The van der Waals surface area contributed by atoms with E-state index >= 15 is 0 Å². The predicted octanol–water partition coefficient (Wildman–Crippen LogP) is 4.40. The first-order chi connectivity index (χ1) is 13.7. The van der Waals surface area contributed by atoms with Crippen molar-refractivity contribution in [1.82, 2.24) is 9.97 Å². The second-order valence-electron chi connectivity index (χ2n) is 6.74. The average molecular weight is 374 g/mol. The second kappa shape index (κ2) is 7.68. The number of fused-ring (bicyclic) bond motifs is 1. The Labute approximate surface area is 164 Å². The number of hydrogen-bond donors (Lipinski definition) is 1. The molecule has 0 fully saturated rings. The highest BCUT2D eigenvalue weighted by atomic mass is 16.5. The van der Waals surface area contributed by atoms with Crippen molar-refractivity contribution in [3.8, 4) is 0 Å². The lowest BCUT2D eigenvalue weighted by molar-refractivity contribution is 0.0602. The van der Waals surface area contributed by atoms with E-state index in [1.54, 1.807) is 12.1 Å². The molecule has 0 spiro atoms. The van der Waals surface area contributed by atoms with Crippen LogP contribution in [0.15, 0.2) is 54.6 Å². The number of aromatic nitrogens is 2. The molecule has 0 saturated heterocycles. The second-order valence-corrected chi connectivity index (χ2v) is 6.74. The fourth-order valence-corrected chi connectivity index (χ4v) is 3.50. The van der Waals surface area contributed by atoms with Crippen molar-refractivity contribution >= 4 is 29.1 Å². The maximum Gasteiger partial charge on any atom is 0.339 e. The molecular formula is C22H22N4O2. The Morgan fingerprint density at radius 1 is 1.11 bits per heavy atom. The first-order valence-electron chi connectivity index (χ1n) is 9.31. The van der Waals surface area contributed by atoms with Gasteiger partial charge in [-0.2, -0.15) is 4.98 Å². The van der Waals surface area contributed by atoms with Gasteiger partial charge in [-0.1, -0.05) is 30.3 Å². The first-order valence-corrected chi connectivity index (χ1v) is 9.31. The Morgan fingerprint density at radius 3 is 2.75 bits per heavy atom. The van der Waals surface area contributed by atoms with Crippen LogP contribution >= 0.6 is 0 Å². The minimum atomic E-state index is -0.390. The maximum absolute atomic E-state index is 12.0. The molecule has 28 heavy (non-hydrogen) atoms. The lowest BCUT2D eigenvalue weighted by atomic mass is 10.0. The fraction of sp³-hybridized carbons (Fsp3) is 0.227. The molecule has 142 valence electrons. The molecule has 1 aliphatic heterocycles. The molecule has 3 aromatic rings. The van der Waals surface area contributed by atoms with Crippen molar-refractivity contribution in [2.45, 2.75) is 19.8 Å². The van der Waals surface area contributed by atoms with Gasteiger partial charge in [-0.3, -0.25) is 0 Å². The highest BCUT2D eigenvalue weighted by molar-refractivity contribution is 5.96. The van der Waals surface area contributed by atoms with Crippen LogP contribution in [0.3, 0.4) is 0 Å². The van der Waals surface area contributed by atoms with E-state index in [4.69, 9.17) is 9.72 Å². The van der Waals surface area contributed by atoms with Gasteiger partial charge in [0.15, 0.2) is 0 Å². The molecule has 1 aromatic heterocycles. The largest absolute Gasteiger partial charge is 0.465 e. The van der Waals surface area contributed by atoms with Crippen LogP contribution in [-0.2, 0) is 11.2 Å². The molecule has 0 bridgehead atoms. The Hall–Kier alpha value is -3.41. The third-order valence-electron chi connectivity index (χ3n) is 4.79. The van der Waals surface area contributed by atoms with Crippen LogP contribution in [0.4, 0.5) is 23.1 Å². The molecule has 2 heterocycles. The molecule has 6 nitrogen and oxygen atoms in total. The summed E-state index contributed by atoms with van der Waals surface area (Å²) < 4.78 is 4.88. The Morgan fingerprint density at radius 2 is 1.89 bits per heavy atom. The zero-order chi connectivity index (χ0) is 19.5. The van der Waals surface area contributed by atoms with Crippen LogP contribution in [0.1, 0.15) is 28.0 Å². The van der Waals surface area contributed by atoms with E-state index in [2.05, 4.69) is 33.4 Å². The van der Waals surface area contributed by atoms with Crippen LogP contribution < -0.4 is 10.2 Å². The minimum absolute atomic E-state index is 0.390. The molecule has 0 atom stereocenters. The van der Waals surface area contributed by atoms with Crippen LogP contribution in [0.25, 0.3) is 0 Å². The first kappa shape index (κ1) is 18.0. The molecule has 0 amide bonds. The maximum atomic E-state index is 12.0. The normalized spacial score (nSPS) is 13.0. The van der Waals surface area contributed by atoms with E-state index in [1.807, 2.05) is 31.2 Å². The number of esters is 1. The molecule has 1 N–H and O–H groups in total. The number of rotatable bonds is 4. The molecule has 0 aliphatic carbocycles. The number of nitrogens with zero attached hydrogens (tertiary/aromatic N) is 3. The van der Waals surface area contributed by atoms with E-state index in [0.29, 0.717) is 23.0 Å². The van der Waals surface area contributed by atoms with Crippen molar-refractivity contribution in [2.75, 3.05) is 23.9 Å². The summed E-state index contributed by atoms with van der Waals surface area (Å²) in [5, 5.41) is 3.25. The SMILES string of the molecule is COC(=O)c1ccccc1Nc1cc(C)nc(N2CCCc3ccccc32)n1. The van der Waals surface area contributed by atoms with Crippen LogP contribution in [-0.4, -0.2) is 29.6 Å². The Balaban J connectivity index is 1.69. The van der Waals surface area contributed by atoms with E-state index < -0.39 is 0 Å². The van der Waals surface area contributed by atoms with E-state index in [-0.39, 0.29) is 5.97 Å². The third kappa shape index (κ3) is 3.53. The summed E-state index contributed by atoms with van der Waals surface area (Å²) in [6, 6.07) is 17.5. The molecule has 0 unspecified atom stereocenters. The van der Waals surface area contributed by atoms with Gasteiger partial charge in [0, 0.05) is 24.0 Å². The number of carbonyl (C=O) groups is 1. The molecule has 0 radical (unpaired) electrons. The van der Waals surface area contributed by atoms with Crippen molar-refractivity contribution in [1.29, 1.82) is 0 Å². The molecule has 6 heteroatoms. The summed E-state index contributed by atoms with van der Waals surface area (Å²) in [5.41, 5.74) is 4.43. The number of benzene rings is 2. The molecule has 1 aliphatic rings. The lowest BCUT2D eigenvalue weighted by Crippen LogP contribution is -2.26. The molecule has 4 rings (SSSR count). The average Bonchev–Trinajstić information content (AvgIpc) is 2.72. The quantitative estimate of drug-likeness (QED) is 0.683. The Bertz CT molecular complexity index is 1020. The van der Waals surface area contributed by atoms with Crippen LogP contribution in [0.5, 0.6) is 0 Å². The van der Waals surface area contributed by atoms with E-state index in [9.17, 15) is 4.79 Å². The summed E-state index contributed by atoms with van der Waals surface area (Å²) in [6.45, 7) is 2.82. The topological polar surface area (TPSA) is 67.3 Å². The number of aryl methyl sites for hydroxylation is 2.